The van der Waals surface area contributed by atoms with Crippen molar-refractivity contribution in [1.29, 1.82) is 0 Å². The molecule has 50 heavy (non-hydrogen) atoms. The van der Waals surface area contributed by atoms with Crippen molar-refractivity contribution < 1.29 is 43.1 Å². The summed E-state index contributed by atoms with van der Waals surface area (Å²) in [5, 5.41) is 12.8. The van der Waals surface area contributed by atoms with Crippen molar-refractivity contribution in [2.45, 2.75) is 72.3 Å². The van der Waals surface area contributed by atoms with Crippen LogP contribution in [0.2, 0.25) is 0 Å². The standard InChI is InChI=1S/C20H30N4O5.C15H24N2O4/c1-14(2)17(25)12-29-13-23-18(26)11-22-20(28)16(24-19(27)10-21-3)9-15-7-5-4-6-8-15;1-11(2)12-10-14(20)17(15(12)21)8-5-3-4-6-13(19)16-7-9-18/h4-8,14,16,21H,9-13H2,1-3H3,(H,22,28)(H,23,26)(H,24,27);9,11-12H,3-8,10H2,1-2H3,(H,16,19). The van der Waals surface area contributed by atoms with Gasteiger partial charge in [-0.3, -0.25) is 38.5 Å². The van der Waals surface area contributed by atoms with Crippen molar-refractivity contribution in [1.82, 2.24) is 31.5 Å². The van der Waals surface area contributed by atoms with Gasteiger partial charge in [0.15, 0.2) is 5.78 Å². The molecule has 0 saturated carbocycles. The van der Waals surface area contributed by atoms with Crippen molar-refractivity contribution in [2.24, 2.45) is 17.8 Å². The van der Waals surface area contributed by atoms with E-state index >= 15 is 0 Å². The third kappa shape index (κ3) is 17.8. The van der Waals surface area contributed by atoms with E-state index in [4.69, 9.17) is 4.74 Å². The topological polar surface area (TPSA) is 209 Å². The molecule has 278 valence electrons. The normalized spacial score (nSPS) is 14.5. The van der Waals surface area contributed by atoms with E-state index < -0.39 is 17.9 Å². The van der Waals surface area contributed by atoms with Gasteiger partial charge in [0.25, 0.3) is 0 Å². The lowest BCUT2D eigenvalue weighted by Crippen LogP contribution is -2.51. The van der Waals surface area contributed by atoms with Gasteiger partial charge in [-0.2, -0.15) is 0 Å². The molecule has 1 aliphatic rings. The summed E-state index contributed by atoms with van der Waals surface area (Å²) in [5.74, 6) is -1.72. The SMILES string of the molecule is CC(C)C1CC(=O)N(CCCCCC(=O)NCC=O)C1=O.CNCC(=O)NC(Cc1ccccc1)C(=O)NCC(=O)NCOCC(=O)C(C)C. The molecule has 1 aromatic rings. The van der Waals surface area contributed by atoms with Gasteiger partial charge in [0.1, 0.15) is 25.7 Å². The number of ether oxygens (including phenoxy) is 1. The summed E-state index contributed by atoms with van der Waals surface area (Å²) in [4.78, 5) is 94.2. The van der Waals surface area contributed by atoms with Crippen LogP contribution in [0.15, 0.2) is 30.3 Å². The Bertz CT molecular complexity index is 1270. The number of hydrogen-bond acceptors (Lipinski definition) is 10. The quantitative estimate of drug-likeness (QED) is 0.0482. The molecule has 15 heteroatoms. The average Bonchev–Trinajstić information content (AvgIpc) is 3.37. The lowest BCUT2D eigenvalue weighted by atomic mass is 9.94. The van der Waals surface area contributed by atoms with Gasteiger partial charge in [-0.05, 0) is 31.4 Å². The number of unbranched alkanes of at least 4 members (excludes halogenated alkanes) is 2. The first kappa shape index (κ1) is 43.5. The molecule has 5 N–H and O–H groups in total. The highest BCUT2D eigenvalue weighted by molar-refractivity contribution is 6.03. The maximum Gasteiger partial charge on any atom is 0.243 e. The van der Waals surface area contributed by atoms with Gasteiger partial charge < -0.3 is 36.1 Å². The minimum absolute atomic E-state index is 0.0478. The number of rotatable bonds is 22. The highest BCUT2D eigenvalue weighted by Gasteiger charge is 2.39. The molecule has 1 fully saturated rings. The van der Waals surface area contributed by atoms with E-state index in [0.29, 0.717) is 44.9 Å². The molecule has 2 unspecified atom stereocenters. The lowest BCUT2D eigenvalue weighted by molar-refractivity contribution is -0.140. The van der Waals surface area contributed by atoms with Gasteiger partial charge in [-0.25, -0.2) is 0 Å². The van der Waals surface area contributed by atoms with E-state index in [9.17, 15) is 38.4 Å². The minimum atomic E-state index is -0.814. The number of hydrogen-bond donors (Lipinski definition) is 5. The summed E-state index contributed by atoms with van der Waals surface area (Å²) in [5.41, 5.74) is 0.880. The minimum Gasteiger partial charge on any atom is -0.353 e. The summed E-state index contributed by atoms with van der Waals surface area (Å²) < 4.78 is 5.08. The first-order valence-electron chi connectivity index (χ1n) is 17.0. The monoisotopic (exact) mass is 702 g/mol. The molecule has 0 bridgehead atoms. The summed E-state index contributed by atoms with van der Waals surface area (Å²) in [6.45, 7) is 7.53. The predicted molar refractivity (Wildman–Crippen MR) is 185 cm³/mol. The molecular weight excluding hydrogens is 648 g/mol. The van der Waals surface area contributed by atoms with Crippen LogP contribution in [0.25, 0.3) is 0 Å². The zero-order valence-electron chi connectivity index (χ0n) is 29.9. The number of imide groups is 1. The molecule has 0 aliphatic carbocycles. The second kappa shape index (κ2) is 24.6. The van der Waals surface area contributed by atoms with Crippen molar-refractivity contribution in [3.05, 3.63) is 35.9 Å². The Balaban J connectivity index is 0.000000526. The van der Waals surface area contributed by atoms with Crippen molar-refractivity contribution in [2.75, 3.05) is 46.6 Å². The molecule has 15 nitrogen and oxygen atoms in total. The Kier molecular flexibility index (Phi) is 21.4. The van der Waals surface area contributed by atoms with E-state index in [1.165, 1.54) is 4.90 Å². The zero-order valence-corrected chi connectivity index (χ0v) is 29.9. The second-order valence-corrected chi connectivity index (χ2v) is 12.5. The van der Waals surface area contributed by atoms with Crippen molar-refractivity contribution >= 4 is 47.5 Å². The van der Waals surface area contributed by atoms with Crippen molar-refractivity contribution in [3.8, 4) is 0 Å². The number of carbonyl (C=O) groups excluding carboxylic acids is 8. The Hall–Kier alpha value is -4.50. The van der Waals surface area contributed by atoms with Gasteiger partial charge >= 0.3 is 0 Å². The number of nitrogens with one attached hydrogen (secondary N) is 5. The van der Waals surface area contributed by atoms with E-state index in [-0.39, 0.29) is 80.1 Å². The van der Waals surface area contributed by atoms with Crippen LogP contribution in [-0.4, -0.2) is 105 Å². The van der Waals surface area contributed by atoms with Crippen LogP contribution in [0, 0.1) is 17.8 Å². The van der Waals surface area contributed by atoms with Gasteiger partial charge in [-0.15, -0.1) is 0 Å². The van der Waals surface area contributed by atoms with Crippen molar-refractivity contribution in [3.63, 3.8) is 0 Å². The van der Waals surface area contributed by atoms with Crippen LogP contribution >= 0.6 is 0 Å². The first-order chi connectivity index (χ1) is 23.8. The number of Topliss-reactive ketones (excluding diaryl/α,β-unsaturated/α-hetero) is 1. The van der Waals surface area contributed by atoms with E-state index in [0.717, 1.165) is 12.0 Å². The molecule has 2 rings (SSSR count). The molecule has 1 aromatic carbocycles. The molecule has 1 saturated heterocycles. The Morgan fingerprint density at radius 2 is 1.60 bits per heavy atom. The number of benzene rings is 1. The Labute approximate surface area is 294 Å². The van der Waals surface area contributed by atoms with Gasteiger partial charge in [0.2, 0.25) is 35.4 Å². The molecule has 0 radical (unpaired) electrons. The predicted octanol–water partition coefficient (Wildman–Crippen LogP) is 0.258. The largest absolute Gasteiger partial charge is 0.353 e. The van der Waals surface area contributed by atoms with E-state index in [1.54, 1.807) is 20.9 Å². The fraction of sp³-hybridized carbons (Fsp3) is 0.600. The second-order valence-electron chi connectivity index (χ2n) is 12.5. The highest BCUT2D eigenvalue weighted by atomic mass is 16.5. The number of aldehydes is 1. The maximum absolute atomic E-state index is 12.5. The smallest absolute Gasteiger partial charge is 0.243 e. The van der Waals surface area contributed by atoms with Gasteiger partial charge in [0, 0.05) is 37.6 Å². The lowest BCUT2D eigenvalue weighted by Gasteiger charge is -2.18. The summed E-state index contributed by atoms with van der Waals surface area (Å²) in [6.07, 6.45) is 3.81. The highest BCUT2D eigenvalue weighted by Crippen LogP contribution is 2.26. The van der Waals surface area contributed by atoms with Crippen LogP contribution in [0.3, 0.4) is 0 Å². The van der Waals surface area contributed by atoms with E-state index in [1.807, 2.05) is 44.2 Å². The molecule has 0 spiro atoms. The zero-order chi connectivity index (χ0) is 37.5. The molecule has 1 heterocycles. The number of ketones is 1. The number of nitrogens with zero attached hydrogens (tertiary/aromatic N) is 1. The van der Waals surface area contributed by atoms with Crippen LogP contribution in [0.5, 0.6) is 0 Å². The fourth-order valence-electron chi connectivity index (χ4n) is 4.71. The molecular formula is C35H54N6O9. The maximum atomic E-state index is 12.5. The van der Waals surface area contributed by atoms with Crippen LogP contribution in [0.1, 0.15) is 65.4 Å². The summed E-state index contributed by atoms with van der Waals surface area (Å²) >= 11 is 0. The molecule has 1 aliphatic heterocycles. The van der Waals surface area contributed by atoms with Crippen LogP contribution in [-0.2, 0) is 49.5 Å². The number of carbonyl (C=O) groups is 8. The third-order valence-corrected chi connectivity index (χ3v) is 7.71. The third-order valence-electron chi connectivity index (χ3n) is 7.71. The average molecular weight is 703 g/mol. The number of amides is 6. The molecule has 6 amide bonds. The van der Waals surface area contributed by atoms with Gasteiger partial charge in [-0.1, -0.05) is 64.4 Å². The van der Waals surface area contributed by atoms with E-state index in [2.05, 4.69) is 26.6 Å². The number of likely N-dealkylation sites (tertiary alicyclic amines) is 1. The molecule has 2 atom stereocenters. The first-order valence-corrected chi connectivity index (χ1v) is 17.0. The summed E-state index contributed by atoms with van der Waals surface area (Å²) in [7, 11) is 1.63. The van der Waals surface area contributed by atoms with Crippen LogP contribution < -0.4 is 26.6 Å². The Morgan fingerprint density at radius 3 is 2.20 bits per heavy atom. The molecule has 0 aromatic heterocycles. The fourth-order valence-corrected chi connectivity index (χ4v) is 4.71. The Morgan fingerprint density at radius 1 is 0.900 bits per heavy atom. The summed E-state index contributed by atoms with van der Waals surface area (Å²) in [6, 6.07) is 8.44. The van der Waals surface area contributed by atoms with Gasteiger partial charge in [0.05, 0.1) is 19.6 Å². The number of likely N-dealkylation sites (N-methyl/N-ethyl adjacent to an activating group) is 1. The van der Waals surface area contributed by atoms with Crippen LogP contribution in [0.4, 0.5) is 0 Å².